The lowest BCUT2D eigenvalue weighted by Crippen LogP contribution is -2.62. The van der Waals surface area contributed by atoms with E-state index in [-0.39, 0.29) is 25.0 Å². The minimum absolute atomic E-state index is 0.0832. The number of thioether (sulfide) groups is 1. The first kappa shape index (κ1) is 68.0. The SMILES string of the molecule is CC.CCCCSC[C@@]1(O)/C=C/C(=O)NCC(=O)OC[C@@H]2NC(=O)[C@@H]([C@@H](C)O)NC(=O)[C@H](Cc3ccccc3)N(C)C(=O)[C@@H](NC(=O)[C@@H]([C@@H](C)CC)NC(=O)[C@@H](NC(=O)[C@H](C)[C@H](O)C(C)C)[C@@H](C)OC2=O)C2=CC=C(CC2)O[C@@H]1C. The van der Waals surface area contributed by atoms with Crippen molar-refractivity contribution in [3.05, 3.63) is 71.5 Å². The number of benzene rings is 1. The van der Waals surface area contributed by atoms with Gasteiger partial charge in [0.15, 0.2) is 6.04 Å². The first-order chi connectivity index (χ1) is 37.8. The molecule has 3 aliphatic heterocycles. The summed E-state index contributed by atoms with van der Waals surface area (Å²) in [6, 6.07) is -1.38. The van der Waals surface area contributed by atoms with Crippen LogP contribution in [0.25, 0.3) is 0 Å². The number of esters is 2. The molecule has 13 atom stereocenters. The Labute approximate surface area is 474 Å². The van der Waals surface area contributed by atoms with Gasteiger partial charge in [0.05, 0.1) is 23.9 Å². The van der Waals surface area contributed by atoms with Crippen molar-refractivity contribution in [2.75, 3.05) is 31.7 Å². The highest BCUT2D eigenvalue weighted by Gasteiger charge is 2.43. The van der Waals surface area contributed by atoms with Gasteiger partial charge in [-0.2, -0.15) is 11.8 Å². The number of rotatable bonds is 14. The monoisotopic (exact) mass is 1140 g/mol. The number of likely N-dealkylation sites (N-methyl/N-ethyl adjacent to an activating group) is 1. The molecule has 1 aromatic carbocycles. The molecule has 1 aromatic rings. The molecule has 4 aliphatic rings. The van der Waals surface area contributed by atoms with E-state index in [4.69, 9.17) is 14.2 Å². The zero-order valence-corrected chi connectivity index (χ0v) is 49.2. The van der Waals surface area contributed by atoms with Crippen molar-refractivity contribution in [3.8, 4) is 0 Å². The van der Waals surface area contributed by atoms with E-state index in [2.05, 4.69) is 31.9 Å². The number of carbonyl (C=O) groups excluding carboxylic acids is 9. The molecule has 4 bridgehead atoms. The van der Waals surface area contributed by atoms with E-state index in [1.165, 1.54) is 45.7 Å². The molecular weight excluding hydrogens is 1050 g/mol. The highest BCUT2D eigenvalue weighted by molar-refractivity contribution is 7.99. The van der Waals surface area contributed by atoms with Crippen molar-refractivity contribution in [1.82, 2.24) is 36.8 Å². The Morgan fingerprint density at radius 2 is 1.50 bits per heavy atom. The smallest absolute Gasteiger partial charge is 0.332 e. The van der Waals surface area contributed by atoms with Crippen LogP contribution in [0.1, 0.15) is 114 Å². The van der Waals surface area contributed by atoms with Gasteiger partial charge in [-0.1, -0.05) is 105 Å². The number of fused-ring (bicyclic) bond motifs is 11. The van der Waals surface area contributed by atoms with Gasteiger partial charge in [-0.25, -0.2) is 4.79 Å². The predicted molar refractivity (Wildman–Crippen MR) is 301 cm³/mol. The molecule has 3 heterocycles. The standard InChI is InChI=1S/C55H81N7O15S.C2H6/c1-11-13-25-78-29-55(74)24-23-41(64)56-27-42(65)75-28-39-54(73)76-34(8)45(60-48(67)32(6)47(66)30(3)4)52(71)58-43(31(5)12-2)50(69)61-46(37-19-21-38(22-20-37)77-35(55)9)53(72)62(10)40(26-36-17-15-14-16-18-36)49(68)59-44(33(7)63)51(70)57-39;1-2/h14-19,21,23-24,30-35,39-40,43-47,63,66,74H,11-13,20,22,25-29H2,1-10H3,(H,56,64)(H,57,70)(H,58,71)(H,59,68)(H,60,67)(H,61,69);1-2H3/b24-23+;/t31-,32+,33+,34+,35+,39-,40-,43+,44+,45-,46-,47+,55-;/m0./s1. The first-order valence-corrected chi connectivity index (χ1v) is 28.9. The van der Waals surface area contributed by atoms with Gasteiger partial charge in [-0.05, 0) is 74.5 Å². The van der Waals surface area contributed by atoms with Crippen molar-refractivity contribution in [1.29, 1.82) is 0 Å². The normalized spacial score (nSPS) is 28.1. The number of amides is 7. The van der Waals surface area contributed by atoms with E-state index in [9.17, 15) is 53.7 Å². The molecule has 7 amide bonds. The Morgan fingerprint density at radius 3 is 2.10 bits per heavy atom. The first-order valence-electron chi connectivity index (χ1n) is 27.7. The minimum atomic E-state index is -1.96. The van der Waals surface area contributed by atoms with Crippen LogP contribution in [0, 0.1) is 17.8 Å². The van der Waals surface area contributed by atoms with Crippen molar-refractivity contribution in [3.63, 3.8) is 0 Å². The van der Waals surface area contributed by atoms with Crippen LogP contribution in [-0.4, -0.2) is 171 Å². The summed E-state index contributed by atoms with van der Waals surface area (Å²) in [5.74, 6) is -9.88. The fourth-order valence-electron chi connectivity index (χ4n) is 8.67. The molecule has 23 heteroatoms. The van der Waals surface area contributed by atoms with Crippen LogP contribution in [0.2, 0.25) is 0 Å². The molecule has 0 unspecified atom stereocenters. The summed E-state index contributed by atoms with van der Waals surface area (Å²) in [5.41, 5.74) is -0.810. The molecule has 0 aromatic heterocycles. The van der Waals surface area contributed by atoms with Crippen molar-refractivity contribution < 1.29 is 72.7 Å². The number of aliphatic hydroxyl groups is 3. The third-order valence-electron chi connectivity index (χ3n) is 14.2. The molecule has 0 saturated carbocycles. The molecule has 80 heavy (non-hydrogen) atoms. The second-order valence-corrected chi connectivity index (χ2v) is 21.8. The Hall–Kier alpha value is -6.30. The van der Waals surface area contributed by atoms with Crippen LogP contribution >= 0.6 is 11.8 Å². The van der Waals surface area contributed by atoms with Gasteiger partial charge in [0.25, 0.3) is 0 Å². The van der Waals surface area contributed by atoms with Crippen LogP contribution in [0.15, 0.2) is 66.0 Å². The quantitative estimate of drug-likeness (QED) is 0.0951. The van der Waals surface area contributed by atoms with Crippen molar-refractivity contribution >= 4 is 65.1 Å². The maximum absolute atomic E-state index is 15.3. The van der Waals surface area contributed by atoms with Gasteiger partial charge in [-0.3, -0.25) is 38.4 Å². The zero-order valence-electron chi connectivity index (χ0n) is 48.4. The van der Waals surface area contributed by atoms with Gasteiger partial charge in [-0.15, -0.1) is 0 Å². The van der Waals surface area contributed by atoms with E-state index < -0.39 is 150 Å². The second-order valence-electron chi connectivity index (χ2n) is 20.7. The van der Waals surface area contributed by atoms with Gasteiger partial charge in [0, 0.05) is 31.7 Å². The van der Waals surface area contributed by atoms with Crippen LogP contribution in [-0.2, 0) is 63.8 Å². The minimum Gasteiger partial charge on any atom is -0.492 e. The highest BCUT2D eigenvalue weighted by atomic mass is 32.2. The number of aliphatic hydroxyl groups excluding tert-OH is 2. The summed E-state index contributed by atoms with van der Waals surface area (Å²) in [6.45, 7) is 16.5. The van der Waals surface area contributed by atoms with Crippen LogP contribution in [0.4, 0.5) is 0 Å². The lowest BCUT2D eigenvalue weighted by molar-refractivity contribution is -0.160. The Morgan fingerprint density at radius 1 is 0.850 bits per heavy atom. The highest BCUT2D eigenvalue weighted by Crippen LogP contribution is 2.30. The van der Waals surface area contributed by atoms with E-state index in [1.807, 2.05) is 20.8 Å². The third-order valence-corrected chi connectivity index (χ3v) is 15.4. The number of cyclic esters (lactones) is 1. The summed E-state index contributed by atoms with van der Waals surface area (Å²) in [4.78, 5) is 130. The maximum atomic E-state index is 15.3. The summed E-state index contributed by atoms with van der Waals surface area (Å²) in [7, 11) is 1.34. The molecule has 446 valence electrons. The Kier molecular flexibility index (Phi) is 27.9. The summed E-state index contributed by atoms with van der Waals surface area (Å²) >= 11 is 1.44. The lowest BCUT2D eigenvalue weighted by atomic mass is 9.92. The number of hydrogen-bond acceptors (Lipinski definition) is 16. The largest absolute Gasteiger partial charge is 0.492 e. The fourth-order valence-corrected chi connectivity index (χ4v) is 9.97. The Balaban J connectivity index is 0.00000831. The number of nitrogens with zero attached hydrogens (tertiary/aromatic N) is 1. The average Bonchev–Trinajstić information content (AvgIpc) is 3.43. The van der Waals surface area contributed by atoms with E-state index in [0.29, 0.717) is 29.1 Å². The van der Waals surface area contributed by atoms with E-state index in [1.54, 1.807) is 77.1 Å². The molecule has 5 rings (SSSR count). The molecule has 22 nitrogen and oxygen atoms in total. The second kappa shape index (κ2) is 32.8. The molecule has 0 spiro atoms. The third kappa shape index (κ3) is 19.8. The topological polar surface area (TPSA) is 317 Å². The summed E-state index contributed by atoms with van der Waals surface area (Å²) in [6.07, 6.45) is 2.13. The summed E-state index contributed by atoms with van der Waals surface area (Å²) < 4.78 is 17.5. The fraction of sp³-hybridized carbons (Fsp3) is 0.632. The molecular formula is C57H87N7O15S. The number of unbranched alkanes of at least 4 members (excludes halogenated alkanes) is 1. The predicted octanol–water partition coefficient (Wildman–Crippen LogP) is 2.03. The number of nitrogens with one attached hydrogen (secondary N) is 6. The van der Waals surface area contributed by atoms with Crippen molar-refractivity contribution in [2.45, 2.75) is 181 Å². The molecule has 0 radical (unpaired) electrons. The van der Waals surface area contributed by atoms with Gasteiger partial charge in [0.1, 0.15) is 61.2 Å². The molecule has 1 aliphatic carbocycles. The van der Waals surface area contributed by atoms with Crippen molar-refractivity contribution in [2.24, 2.45) is 17.8 Å². The van der Waals surface area contributed by atoms with E-state index >= 15 is 4.79 Å². The average molecular weight is 1140 g/mol. The molecule has 9 N–H and O–H groups in total. The van der Waals surface area contributed by atoms with E-state index in [0.717, 1.165) is 23.8 Å². The molecule has 1 fully saturated rings. The maximum Gasteiger partial charge on any atom is 0.332 e. The number of ether oxygens (including phenoxy) is 3. The number of carbonyl (C=O) groups is 9. The van der Waals surface area contributed by atoms with Crippen LogP contribution in [0.3, 0.4) is 0 Å². The summed E-state index contributed by atoms with van der Waals surface area (Å²) in [5, 5.41) is 49.3. The van der Waals surface area contributed by atoms with Gasteiger partial charge >= 0.3 is 11.9 Å². The van der Waals surface area contributed by atoms with Gasteiger partial charge in [0.2, 0.25) is 41.4 Å². The lowest BCUT2D eigenvalue weighted by Gasteiger charge is -2.35. The number of allylic oxidation sites excluding steroid dienone is 3. The Bertz CT molecular complexity index is 2380. The van der Waals surface area contributed by atoms with Crippen LogP contribution in [0.5, 0.6) is 0 Å². The number of hydrogen-bond donors (Lipinski definition) is 9. The van der Waals surface area contributed by atoms with Crippen LogP contribution < -0.4 is 31.9 Å². The van der Waals surface area contributed by atoms with Gasteiger partial charge < -0.3 is 66.3 Å². The molecule has 1 saturated heterocycles. The zero-order chi connectivity index (χ0) is 60.0.